The van der Waals surface area contributed by atoms with Crippen LogP contribution in [0.5, 0.6) is 0 Å². The van der Waals surface area contributed by atoms with Crippen molar-refractivity contribution in [3.63, 3.8) is 0 Å². The predicted octanol–water partition coefficient (Wildman–Crippen LogP) is 4.92. The molecule has 152 valence electrons. The highest BCUT2D eigenvalue weighted by molar-refractivity contribution is 5.81. The van der Waals surface area contributed by atoms with Crippen LogP contribution < -0.4 is 0 Å². The third-order valence-corrected chi connectivity index (χ3v) is 4.94. The van der Waals surface area contributed by atoms with E-state index in [1.807, 2.05) is 74.4 Å². The Hall–Kier alpha value is -3.15. The number of nitrogens with zero attached hydrogens (tertiary/aromatic N) is 4. The molecule has 0 aliphatic carbocycles. The summed E-state index contributed by atoms with van der Waals surface area (Å²) in [7, 11) is 7.71. The van der Waals surface area contributed by atoms with Crippen LogP contribution >= 0.6 is 0 Å². The number of aromatic nitrogens is 1. The lowest BCUT2D eigenvalue weighted by atomic mass is 9.81. The van der Waals surface area contributed by atoms with Crippen LogP contribution in [-0.4, -0.2) is 49.1 Å². The van der Waals surface area contributed by atoms with Gasteiger partial charge in [0.25, 0.3) is 5.88 Å². The van der Waals surface area contributed by atoms with Crippen LogP contribution in [0.4, 0.5) is 10.3 Å². The molecule has 0 aliphatic heterocycles. The summed E-state index contributed by atoms with van der Waals surface area (Å²) in [6.07, 6.45) is 0. The van der Waals surface area contributed by atoms with Gasteiger partial charge in [0.05, 0.1) is 5.69 Å². The van der Waals surface area contributed by atoms with Crippen LogP contribution in [0.2, 0.25) is 0 Å². The molecule has 6 heteroatoms. The highest BCUT2D eigenvalue weighted by atomic mass is 19.1. The third kappa shape index (κ3) is 4.31. The van der Waals surface area contributed by atoms with E-state index >= 15 is 0 Å². The van der Waals surface area contributed by atoms with Gasteiger partial charge in [-0.2, -0.15) is 4.99 Å². The van der Waals surface area contributed by atoms with Crippen molar-refractivity contribution in [3.8, 4) is 11.1 Å². The van der Waals surface area contributed by atoms with Gasteiger partial charge in [0.1, 0.15) is 5.82 Å². The van der Waals surface area contributed by atoms with Crippen LogP contribution in [0.3, 0.4) is 0 Å². The van der Waals surface area contributed by atoms with Crippen molar-refractivity contribution >= 4 is 11.8 Å². The molecule has 1 heterocycles. The van der Waals surface area contributed by atoms with Gasteiger partial charge < -0.3 is 14.3 Å². The van der Waals surface area contributed by atoms with Crippen molar-refractivity contribution in [2.75, 3.05) is 28.2 Å². The Labute approximate surface area is 171 Å². The number of aliphatic imine (C=N–C) groups is 1. The Bertz CT molecular complexity index is 994. The second-order valence-electron chi connectivity index (χ2n) is 7.93. The second kappa shape index (κ2) is 8.07. The van der Waals surface area contributed by atoms with Crippen LogP contribution in [0.15, 0.2) is 64.1 Å². The zero-order valence-corrected chi connectivity index (χ0v) is 17.8. The minimum atomic E-state index is -0.387. The monoisotopic (exact) mass is 394 g/mol. The molecule has 3 rings (SSSR count). The first kappa shape index (κ1) is 20.6. The molecule has 2 aromatic carbocycles. The summed E-state index contributed by atoms with van der Waals surface area (Å²) in [6.45, 7) is 4.16. The number of rotatable bonds is 4. The van der Waals surface area contributed by atoms with E-state index in [1.54, 1.807) is 12.1 Å². The number of halogens is 1. The van der Waals surface area contributed by atoms with E-state index in [2.05, 4.69) is 24.0 Å². The van der Waals surface area contributed by atoms with Crippen LogP contribution in [0, 0.1) is 5.82 Å². The summed E-state index contributed by atoms with van der Waals surface area (Å²) >= 11 is 0. The van der Waals surface area contributed by atoms with Crippen molar-refractivity contribution in [3.05, 3.63) is 71.7 Å². The zero-order valence-electron chi connectivity index (χ0n) is 17.8. The van der Waals surface area contributed by atoms with Crippen molar-refractivity contribution < 1.29 is 8.91 Å². The lowest BCUT2D eigenvalue weighted by Crippen LogP contribution is -2.35. The fourth-order valence-corrected chi connectivity index (χ4v) is 3.22. The van der Waals surface area contributed by atoms with Crippen molar-refractivity contribution in [2.24, 2.45) is 4.99 Å². The van der Waals surface area contributed by atoms with E-state index in [0.29, 0.717) is 11.4 Å². The van der Waals surface area contributed by atoms with E-state index in [1.165, 1.54) is 6.07 Å². The quantitative estimate of drug-likeness (QED) is 0.466. The molecule has 0 spiro atoms. The summed E-state index contributed by atoms with van der Waals surface area (Å²) in [5.74, 6) is 0.990. The summed E-state index contributed by atoms with van der Waals surface area (Å²) in [5.41, 5.74) is 2.89. The number of guanidine groups is 1. The Morgan fingerprint density at radius 2 is 1.59 bits per heavy atom. The minimum absolute atomic E-state index is 0.226. The van der Waals surface area contributed by atoms with Gasteiger partial charge in [-0.1, -0.05) is 61.5 Å². The normalized spacial score (nSPS) is 11.3. The Balaban J connectivity index is 1.89. The lowest BCUT2D eigenvalue weighted by Gasteiger charge is -2.22. The summed E-state index contributed by atoms with van der Waals surface area (Å²) in [4.78, 5) is 8.37. The van der Waals surface area contributed by atoms with E-state index in [4.69, 9.17) is 4.52 Å². The summed E-state index contributed by atoms with van der Waals surface area (Å²) in [5, 5.41) is 4.25. The topological polar surface area (TPSA) is 44.9 Å². The van der Waals surface area contributed by atoms with Gasteiger partial charge in [0.15, 0.2) is 0 Å². The van der Waals surface area contributed by atoms with Gasteiger partial charge in [-0.3, -0.25) is 0 Å². The molecule has 0 amide bonds. The van der Waals surface area contributed by atoms with E-state index in [9.17, 15) is 4.39 Å². The molecule has 0 unspecified atom stereocenters. The van der Waals surface area contributed by atoms with Crippen LogP contribution in [-0.2, 0) is 5.41 Å². The van der Waals surface area contributed by atoms with Crippen LogP contribution in [0.25, 0.3) is 11.1 Å². The Morgan fingerprint density at radius 1 is 0.966 bits per heavy atom. The standard InChI is InChI=1S/C23H27FN4O/c1-23(2,20-15-21(29-26-20)25-22(27(3)4)28(5)6)17-13-11-16(12-14-17)18-9-7-8-10-19(18)24/h7-15H,1-6H3. The average Bonchev–Trinajstić information content (AvgIpc) is 3.16. The van der Waals surface area contributed by atoms with Gasteiger partial charge in [0, 0.05) is 45.2 Å². The first-order valence-electron chi connectivity index (χ1n) is 9.46. The molecule has 1 aromatic heterocycles. The molecular weight excluding hydrogens is 367 g/mol. The number of benzene rings is 2. The van der Waals surface area contributed by atoms with E-state index in [0.717, 1.165) is 22.8 Å². The first-order valence-corrected chi connectivity index (χ1v) is 9.46. The largest absolute Gasteiger partial charge is 0.349 e. The fourth-order valence-electron chi connectivity index (χ4n) is 3.22. The van der Waals surface area contributed by atoms with Gasteiger partial charge >= 0.3 is 0 Å². The average molecular weight is 394 g/mol. The smallest absolute Gasteiger partial charge is 0.253 e. The molecule has 0 saturated carbocycles. The van der Waals surface area contributed by atoms with Gasteiger partial charge in [-0.05, 0) is 17.2 Å². The van der Waals surface area contributed by atoms with Gasteiger partial charge in [-0.15, -0.1) is 0 Å². The molecule has 0 aliphatic rings. The highest BCUT2D eigenvalue weighted by Crippen LogP contribution is 2.34. The van der Waals surface area contributed by atoms with E-state index in [-0.39, 0.29) is 11.2 Å². The maximum absolute atomic E-state index is 14.1. The van der Waals surface area contributed by atoms with Crippen molar-refractivity contribution in [1.82, 2.24) is 15.0 Å². The third-order valence-electron chi connectivity index (χ3n) is 4.94. The SMILES string of the molecule is CN(C)C(=Nc1cc(C(C)(C)c2ccc(-c3ccccc3F)cc2)no1)N(C)C. The highest BCUT2D eigenvalue weighted by Gasteiger charge is 2.27. The second-order valence-corrected chi connectivity index (χ2v) is 7.93. The molecule has 3 aromatic rings. The van der Waals surface area contributed by atoms with Crippen LogP contribution in [0.1, 0.15) is 25.1 Å². The predicted molar refractivity (Wildman–Crippen MR) is 115 cm³/mol. The molecule has 0 N–H and O–H groups in total. The fraction of sp³-hybridized carbons (Fsp3) is 0.304. The van der Waals surface area contributed by atoms with Gasteiger partial charge in [0.2, 0.25) is 5.96 Å². The Morgan fingerprint density at radius 3 is 2.17 bits per heavy atom. The Kier molecular flexibility index (Phi) is 5.73. The number of hydrogen-bond donors (Lipinski definition) is 0. The maximum Gasteiger partial charge on any atom is 0.253 e. The molecule has 0 fully saturated rings. The lowest BCUT2D eigenvalue weighted by molar-refractivity contribution is 0.402. The molecule has 0 bridgehead atoms. The summed E-state index contributed by atoms with van der Waals surface area (Å²) in [6, 6.07) is 16.5. The molecule has 0 saturated heterocycles. The zero-order chi connectivity index (χ0) is 21.2. The van der Waals surface area contributed by atoms with Gasteiger partial charge in [-0.25, -0.2) is 4.39 Å². The van der Waals surface area contributed by atoms with Crippen molar-refractivity contribution in [1.29, 1.82) is 0 Å². The summed E-state index contributed by atoms with van der Waals surface area (Å²) < 4.78 is 19.5. The van der Waals surface area contributed by atoms with E-state index < -0.39 is 0 Å². The molecule has 0 radical (unpaired) electrons. The molecule has 0 atom stereocenters. The first-order chi connectivity index (χ1) is 13.7. The molecular formula is C23H27FN4O. The van der Waals surface area contributed by atoms with Crippen molar-refractivity contribution in [2.45, 2.75) is 19.3 Å². The molecule has 29 heavy (non-hydrogen) atoms. The minimum Gasteiger partial charge on any atom is -0.349 e. The maximum atomic E-state index is 14.1. The number of hydrogen-bond acceptors (Lipinski definition) is 3. The molecule has 5 nitrogen and oxygen atoms in total.